The van der Waals surface area contributed by atoms with Gasteiger partial charge in [-0.2, -0.15) is 70.2 Å². The fourth-order valence-electron chi connectivity index (χ4n) is 4.16. The molecule has 1 rings (SSSR count). The number of aryl methyl sites for hydroxylation is 1. The van der Waals surface area contributed by atoms with Gasteiger partial charge >= 0.3 is 42.3 Å². The van der Waals surface area contributed by atoms with E-state index in [1.165, 1.54) is 12.1 Å². The normalized spacial score (nSPS) is 15.1. The third-order valence-corrected chi connectivity index (χ3v) is 6.60. The van der Waals surface area contributed by atoms with Crippen molar-refractivity contribution in [2.75, 3.05) is 13.2 Å². The first kappa shape index (κ1) is 40.0. The Bertz CT molecular complexity index is 925. The molecule has 0 amide bonds. The van der Waals surface area contributed by atoms with E-state index in [2.05, 4.69) is 9.47 Å². The van der Waals surface area contributed by atoms with Crippen molar-refractivity contribution in [3.8, 4) is 0 Å². The molecule has 44 heavy (non-hydrogen) atoms. The summed E-state index contributed by atoms with van der Waals surface area (Å²) >= 11 is 0. The first-order valence-electron chi connectivity index (χ1n) is 13.2. The minimum Gasteiger partial charge on any atom is -0.351 e. The van der Waals surface area contributed by atoms with Crippen LogP contribution in [0.5, 0.6) is 0 Å². The Balaban J connectivity index is 3.25. The maximum absolute atomic E-state index is 14.0. The molecule has 18 heteroatoms. The minimum atomic E-state index is -7.23. The van der Waals surface area contributed by atoms with Gasteiger partial charge < -0.3 is 9.47 Å². The number of ether oxygens (including phenoxy) is 2. The highest BCUT2D eigenvalue weighted by Gasteiger charge is 2.85. The molecule has 0 aliphatic carbocycles. The van der Waals surface area contributed by atoms with Gasteiger partial charge in [0.15, 0.2) is 0 Å². The smallest absolute Gasteiger partial charge is 0.351 e. The Morgan fingerprint density at radius 1 is 0.500 bits per heavy atom. The van der Waals surface area contributed by atoms with Crippen LogP contribution >= 0.6 is 0 Å². The highest BCUT2D eigenvalue weighted by Crippen LogP contribution is 2.55. The van der Waals surface area contributed by atoms with Gasteiger partial charge in [-0.1, -0.05) is 69.7 Å². The fraction of sp³-hybridized carbons (Fsp3) is 0.769. The SMILES string of the molecule is CCCCCCCCCc1ccc(CC(COC(F)(C(F)(F)F)C(F)(F)F)COC(C(F)(F)F)(C(F)(F)F)C(F)(F)F)cc1. The van der Waals surface area contributed by atoms with Crippen molar-refractivity contribution >= 4 is 0 Å². The lowest BCUT2D eigenvalue weighted by Gasteiger charge is -2.39. The molecule has 0 spiro atoms. The molecule has 1 aromatic carbocycles. The molecular weight excluding hydrogens is 648 g/mol. The van der Waals surface area contributed by atoms with Crippen LogP contribution in [-0.4, -0.2) is 55.6 Å². The summed E-state index contributed by atoms with van der Waals surface area (Å²) in [5.41, 5.74) is -6.36. The van der Waals surface area contributed by atoms with Crippen LogP contribution in [0, 0.1) is 5.92 Å². The highest BCUT2D eigenvalue weighted by molar-refractivity contribution is 5.23. The van der Waals surface area contributed by atoms with Crippen LogP contribution in [0.4, 0.5) is 70.2 Å². The number of alkyl halides is 16. The minimum absolute atomic E-state index is 0.148. The third kappa shape index (κ3) is 10.0. The van der Waals surface area contributed by atoms with Crippen molar-refractivity contribution < 1.29 is 79.7 Å². The standard InChI is InChI=1S/C26H30F16O2/c1-2-3-4-5-6-7-8-9-17-10-12-18(13-11-17)14-19(16-44-21(27,25(37,38)39)26(40,41)42)15-43-20(22(28,29)30,23(31,32)33)24(34,35)36/h10-13,19H,2-9,14-16H2,1H3. The molecule has 2 nitrogen and oxygen atoms in total. The van der Waals surface area contributed by atoms with Crippen LogP contribution in [0.15, 0.2) is 24.3 Å². The van der Waals surface area contributed by atoms with Crippen LogP contribution in [-0.2, 0) is 22.3 Å². The molecule has 0 radical (unpaired) electrons. The first-order valence-corrected chi connectivity index (χ1v) is 13.2. The summed E-state index contributed by atoms with van der Waals surface area (Å²) in [7, 11) is 0. The van der Waals surface area contributed by atoms with E-state index >= 15 is 0 Å². The number of unbranched alkanes of at least 4 members (excludes halogenated alkanes) is 6. The molecule has 0 bridgehead atoms. The predicted octanol–water partition coefficient (Wildman–Crippen LogP) is 10.4. The van der Waals surface area contributed by atoms with E-state index in [4.69, 9.17) is 0 Å². The molecular formula is C26H30F16O2. The summed E-state index contributed by atoms with van der Waals surface area (Å²) in [6.07, 6.45) is -29.2. The van der Waals surface area contributed by atoms with Gasteiger partial charge in [0.1, 0.15) is 0 Å². The number of hydrogen-bond donors (Lipinski definition) is 0. The van der Waals surface area contributed by atoms with Crippen molar-refractivity contribution in [1.82, 2.24) is 0 Å². The molecule has 0 fully saturated rings. The van der Waals surface area contributed by atoms with Gasteiger partial charge in [-0.3, -0.25) is 0 Å². The second kappa shape index (κ2) is 15.1. The molecule has 0 saturated heterocycles. The van der Waals surface area contributed by atoms with Gasteiger partial charge in [0.25, 0.3) is 0 Å². The van der Waals surface area contributed by atoms with Gasteiger partial charge in [0.05, 0.1) is 13.2 Å². The zero-order valence-electron chi connectivity index (χ0n) is 23.0. The zero-order chi connectivity index (χ0) is 34.3. The second-order valence-corrected chi connectivity index (χ2v) is 10.1. The van der Waals surface area contributed by atoms with Crippen LogP contribution in [0.3, 0.4) is 0 Å². The Hall–Kier alpha value is -1.98. The average Bonchev–Trinajstić information content (AvgIpc) is 2.83. The molecule has 1 aromatic rings. The Morgan fingerprint density at radius 3 is 1.30 bits per heavy atom. The quantitative estimate of drug-likeness (QED) is 0.128. The largest absolute Gasteiger partial charge is 0.458 e. The zero-order valence-corrected chi connectivity index (χ0v) is 23.0. The van der Waals surface area contributed by atoms with E-state index in [0.717, 1.165) is 57.1 Å². The lowest BCUT2D eigenvalue weighted by molar-refractivity contribution is -0.460. The number of hydrogen-bond acceptors (Lipinski definition) is 2. The summed E-state index contributed by atoms with van der Waals surface area (Å²) in [4.78, 5) is 0. The van der Waals surface area contributed by atoms with Crippen molar-refractivity contribution in [1.29, 1.82) is 0 Å². The monoisotopic (exact) mass is 678 g/mol. The lowest BCUT2D eigenvalue weighted by Crippen LogP contribution is -2.68. The highest BCUT2D eigenvalue weighted by atomic mass is 19.4. The maximum atomic E-state index is 14.0. The van der Waals surface area contributed by atoms with Crippen LogP contribution in [0.2, 0.25) is 0 Å². The van der Waals surface area contributed by atoms with Crippen LogP contribution in [0.25, 0.3) is 0 Å². The molecule has 1 unspecified atom stereocenters. The van der Waals surface area contributed by atoms with Gasteiger partial charge in [0.2, 0.25) is 0 Å². The second-order valence-electron chi connectivity index (χ2n) is 10.1. The molecule has 1 atom stereocenters. The lowest BCUT2D eigenvalue weighted by atomic mass is 9.97. The molecule has 0 aliphatic heterocycles. The predicted molar refractivity (Wildman–Crippen MR) is 124 cm³/mol. The van der Waals surface area contributed by atoms with Crippen molar-refractivity contribution in [2.45, 2.75) is 107 Å². The summed E-state index contributed by atoms with van der Waals surface area (Å²) in [5, 5.41) is 0. The van der Waals surface area contributed by atoms with E-state index < -0.39 is 67.9 Å². The molecule has 0 N–H and O–H groups in total. The molecule has 258 valence electrons. The van der Waals surface area contributed by atoms with E-state index in [0.29, 0.717) is 12.0 Å². The Labute approximate surface area is 242 Å². The Kier molecular flexibility index (Phi) is 13.7. The summed E-state index contributed by atoms with van der Waals surface area (Å²) < 4.78 is 217. The van der Waals surface area contributed by atoms with Gasteiger partial charge in [-0.05, 0) is 30.4 Å². The third-order valence-electron chi connectivity index (χ3n) is 6.60. The van der Waals surface area contributed by atoms with Gasteiger partial charge in [-0.15, -0.1) is 0 Å². The van der Waals surface area contributed by atoms with E-state index in [1.807, 2.05) is 6.92 Å². The molecule has 0 aliphatic rings. The summed E-state index contributed by atoms with van der Waals surface area (Å²) in [6, 6.07) is 5.09. The Morgan fingerprint density at radius 2 is 0.886 bits per heavy atom. The first-order chi connectivity index (χ1) is 19.8. The van der Waals surface area contributed by atoms with Crippen molar-refractivity contribution in [3.63, 3.8) is 0 Å². The summed E-state index contributed by atoms with van der Waals surface area (Å²) in [6.45, 7) is -2.57. The molecule has 0 saturated carbocycles. The topological polar surface area (TPSA) is 18.5 Å². The van der Waals surface area contributed by atoms with Gasteiger partial charge in [-0.25, -0.2) is 0 Å². The van der Waals surface area contributed by atoms with Crippen LogP contribution < -0.4 is 0 Å². The van der Waals surface area contributed by atoms with Crippen molar-refractivity contribution in [2.24, 2.45) is 5.92 Å². The molecule has 0 heterocycles. The van der Waals surface area contributed by atoms with E-state index in [1.54, 1.807) is 0 Å². The average molecular weight is 678 g/mol. The fourth-order valence-corrected chi connectivity index (χ4v) is 4.16. The van der Waals surface area contributed by atoms with E-state index in [9.17, 15) is 70.2 Å². The van der Waals surface area contributed by atoms with Crippen LogP contribution in [0.1, 0.15) is 63.0 Å². The number of benzene rings is 1. The maximum Gasteiger partial charge on any atom is 0.458 e. The van der Waals surface area contributed by atoms with Gasteiger partial charge in [0, 0.05) is 5.92 Å². The molecule has 0 aromatic heterocycles. The van der Waals surface area contributed by atoms with Crippen molar-refractivity contribution in [3.05, 3.63) is 35.4 Å². The van der Waals surface area contributed by atoms with E-state index in [-0.39, 0.29) is 5.56 Å². The number of rotatable bonds is 16. The summed E-state index contributed by atoms with van der Waals surface area (Å²) in [5.74, 6) is -8.94. The number of halogens is 16.